The zero-order valence-electron chi connectivity index (χ0n) is 13.0. The van der Waals surface area contributed by atoms with Gasteiger partial charge in [-0.05, 0) is 24.3 Å². The molecule has 0 saturated carbocycles. The third-order valence-electron chi connectivity index (χ3n) is 3.20. The van der Waals surface area contributed by atoms with Gasteiger partial charge in [-0.15, -0.1) is 0 Å². The fourth-order valence-corrected chi connectivity index (χ4v) is 1.96. The maximum atomic E-state index is 13.2. The van der Waals surface area contributed by atoms with Gasteiger partial charge in [0.05, 0.1) is 17.7 Å². The first-order chi connectivity index (χ1) is 11.9. The fourth-order valence-electron chi connectivity index (χ4n) is 1.96. The number of furan rings is 1. The van der Waals surface area contributed by atoms with E-state index in [1.54, 1.807) is 12.1 Å². The summed E-state index contributed by atoms with van der Waals surface area (Å²) in [5, 5.41) is 15.2. The molecule has 10 heteroatoms. The van der Waals surface area contributed by atoms with Gasteiger partial charge in [0, 0.05) is 18.9 Å². The van der Waals surface area contributed by atoms with Gasteiger partial charge in [-0.3, -0.25) is 19.7 Å². The summed E-state index contributed by atoms with van der Waals surface area (Å²) in [6.07, 6.45) is 0.857. The summed E-state index contributed by atoms with van der Waals surface area (Å²) in [5.41, 5.74) is -0.891. The Hall–Kier alpha value is -3.27. The molecule has 2 rings (SSSR count). The van der Waals surface area contributed by atoms with E-state index in [1.165, 1.54) is 13.4 Å². The van der Waals surface area contributed by atoms with Gasteiger partial charge >= 0.3 is 17.5 Å². The average Bonchev–Trinajstić information content (AvgIpc) is 3.11. The van der Waals surface area contributed by atoms with E-state index in [1.807, 2.05) is 0 Å². The molecule has 25 heavy (non-hydrogen) atoms. The van der Waals surface area contributed by atoms with E-state index in [9.17, 15) is 24.1 Å². The lowest BCUT2D eigenvalue weighted by molar-refractivity contribution is -0.387. The van der Waals surface area contributed by atoms with E-state index < -0.39 is 34.3 Å². The standard InChI is InChI=1S/C15H14FN3O6/c1-24-13(12-3-2-6-25-12)8-17-14(20)15(21)18-9-4-5-10(16)11(7-9)19(22)23/h2-7,13H,8H2,1H3,(H,17,20)(H,18,21). The molecular formula is C15H14FN3O6. The number of rotatable bonds is 6. The van der Waals surface area contributed by atoms with Crippen molar-refractivity contribution in [3.8, 4) is 0 Å². The SMILES string of the molecule is COC(CNC(=O)C(=O)Nc1ccc(F)c([N+](=O)[O-])c1)c1ccco1. The van der Waals surface area contributed by atoms with Gasteiger partial charge in [0.1, 0.15) is 11.9 Å². The molecule has 0 fully saturated rings. The minimum absolute atomic E-state index is 0.0279. The van der Waals surface area contributed by atoms with E-state index in [0.29, 0.717) is 5.76 Å². The van der Waals surface area contributed by atoms with E-state index in [2.05, 4.69) is 10.6 Å². The van der Waals surface area contributed by atoms with Gasteiger partial charge in [-0.25, -0.2) is 0 Å². The van der Waals surface area contributed by atoms with Crippen LogP contribution in [0.3, 0.4) is 0 Å². The third kappa shape index (κ3) is 4.61. The second-order valence-corrected chi connectivity index (χ2v) is 4.83. The van der Waals surface area contributed by atoms with Crippen molar-refractivity contribution in [1.29, 1.82) is 0 Å². The van der Waals surface area contributed by atoms with Gasteiger partial charge < -0.3 is 19.8 Å². The summed E-state index contributed by atoms with van der Waals surface area (Å²) in [4.78, 5) is 33.4. The number of halogens is 1. The number of ether oxygens (including phenoxy) is 1. The Morgan fingerprint density at radius 3 is 2.72 bits per heavy atom. The molecule has 0 aliphatic rings. The van der Waals surface area contributed by atoms with Crippen LogP contribution >= 0.6 is 0 Å². The van der Waals surface area contributed by atoms with Crippen LogP contribution in [0.15, 0.2) is 41.0 Å². The predicted octanol–water partition coefficient (Wildman–Crippen LogP) is 1.77. The molecule has 0 spiro atoms. The minimum Gasteiger partial charge on any atom is -0.467 e. The van der Waals surface area contributed by atoms with Crippen molar-refractivity contribution < 1.29 is 28.1 Å². The number of nitrogens with one attached hydrogen (secondary N) is 2. The van der Waals surface area contributed by atoms with Gasteiger partial charge in [0.15, 0.2) is 0 Å². The van der Waals surface area contributed by atoms with Crippen molar-refractivity contribution in [2.75, 3.05) is 19.0 Å². The summed E-state index contributed by atoms with van der Waals surface area (Å²) in [6, 6.07) is 6.05. The first kappa shape index (κ1) is 18.1. The van der Waals surface area contributed by atoms with E-state index in [-0.39, 0.29) is 12.2 Å². The number of nitrogens with zero attached hydrogens (tertiary/aromatic N) is 1. The first-order valence-corrected chi connectivity index (χ1v) is 7.01. The minimum atomic E-state index is -1.06. The Bertz CT molecular complexity index is 778. The number of carbonyl (C=O) groups is 2. The lowest BCUT2D eigenvalue weighted by Gasteiger charge is -2.13. The van der Waals surface area contributed by atoms with Crippen molar-refractivity contribution >= 4 is 23.2 Å². The zero-order valence-corrected chi connectivity index (χ0v) is 13.0. The second kappa shape index (κ2) is 8.02. The van der Waals surface area contributed by atoms with Crippen LogP contribution in [0.5, 0.6) is 0 Å². The summed E-state index contributed by atoms with van der Waals surface area (Å²) >= 11 is 0. The van der Waals surface area contributed by atoms with E-state index >= 15 is 0 Å². The molecule has 1 heterocycles. The highest BCUT2D eigenvalue weighted by Crippen LogP contribution is 2.21. The summed E-state index contributed by atoms with van der Waals surface area (Å²) in [5.74, 6) is -2.62. The lowest BCUT2D eigenvalue weighted by atomic mass is 10.2. The molecule has 132 valence electrons. The lowest BCUT2D eigenvalue weighted by Crippen LogP contribution is -2.37. The molecule has 1 atom stereocenters. The maximum Gasteiger partial charge on any atom is 0.313 e. The average molecular weight is 351 g/mol. The van der Waals surface area contributed by atoms with Gasteiger partial charge in [-0.2, -0.15) is 4.39 Å². The maximum absolute atomic E-state index is 13.2. The highest BCUT2D eigenvalue weighted by Gasteiger charge is 2.20. The van der Waals surface area contributed by atoms with Crippen LogP contribution in [-0.2, 0) is 14.3 Å². The molecule has 0 aliphatic heterocycles. The molecule has 0 aliphatic carbocycles. The predicted molar refractivity (Wildman–Crippen MR) is 83.2 cm³/mol. The van der Waals surface area contributed by atoms with Crippen molar-refractivity contribution in [2.24, 2.45) is 0 Å². The number of methoxy groups -OCH3 is 1. The van der Waals surface area contributed by atoms with Gasteiger partial charge in [0.2, 0.25) is 5.82 Å². The monoisotopic (exact) mass is 351 g/mol. The highest BCUT2D eigenvalue weighted by atomic mass is 19.1. The van der Waals surface area contributed by atoms with Gasteiger partial charge in [-0.1, -0.05) is 0 Å². The molecule has 0 saturated heterocycles. The number of hydrogen-bond donors (Lipinski definition) is 2. The molecule has 2 amide bonds. The molecule has 1 unspecified atom stereocenters. The van der Waals surface area contributed by atoms with Crippen molar-refractivity contribution in [1.82, 2.24) is 5.32 Å². The molecule has 0 radical (unpaired) electrons. The van der Waals surface area contributed by atoms with Crippen LogP contribution in [-0.4, -0.2) is 30.4 Å². The quantitative estimate of drug-likeness (QED) is 0.464. The first-order valence-electron chi connectivity index (χ1n) is 7.01. The number of hydrogen-bond acceptors (Lipinski definition) is 6. The van der Waals surface area contributed by atoms with Crippen molar-refractivity contribution in [2.45, 2.75) is 6.10 Å². The van der Waals surface area contributed by atoms with Crippen molar-refractivity contribution in [3.05, 3.63) is 58.3 Å². The number of nitro groups is 1. The molecule has 0 bridgehead atoms. The number of amides is 2. The Kier molecular flexibility index (Phi) is 5.79. The molecule has 1 aromatic heterocycles. The van der Waals surface area contributed by atoms with E-state index in [0.717, 1.165) is 18.2 Å². The smallest absolute Gasteiger partial charge is 0.313 e. The largest absolute Gasteiger partial charge is 0.467 e. The number of benzene rings is 1. The van der Waals surface area contributed by atoms with Crippen LogP contribution in [0, 0.1) is 15.9 Å². The van der Waals surface area contributed by atoms with Crippen LogP contribution in [0.25, 0.3) is 0 Å². The number of anilines is 1. The molecule has 1 aromatic carbocycles. The normalized spacial score (nSPS) is 11.6. The molecule has 9 nitrogen and oxygen atoms in total. The topological polar surface area (TPSA) is 124 Å². The fraction of sp³-hybridized carbons (Fsp3) is 0.200. The number of nitro benzene ring substituents is 1. The van der Waals surface area contributed by atoms with Crippen LogP contribution in [0.2, 0.25) is 0 Å². The Morgan fingerprint density at radius 2 is 2.12 bits per heavy atom. The van der Waals surface area contributed by atoms with Gasteiger partial charge in [0.25, 0.3) is 0 Å². The molecule has 2 N–H and O–H groups in total. The highest BCUT2D eigenvalue weighted by molar-refractivity contribution is 6.39. The summed E-state index contributed by atoms with van der Waals surface area (Å²) in [6.45, 7) is -0.0279. The second-order valence-electron chi connectivity index (χ2n) is 4.83. The summed E-state index contributed by atoms with van der Waals surface area (Å²) < 4.78 is 23.5. The van der Waals surface area contributed by atoms with Crippen molar-refractivity contribution in [3.63, 3.8) is 0 Å². The van der Waals surface area contributed by atoms with E-state index in [4.69, 9.17) is 9.15 Å². The molecule has 2 aromatic rings. The Balaban J connectivity index is 1.95. The summed E-state index contributed by atoms with van der Waals surface area (Å²) in [7, 11) is 1.41. The zero-order chi connectivity index (χ0) is 18.4. The Labute approximate surface area is 140 Å². The Morgan fingerprint density at radius 1 is 1.36 bits per heavy atom. The molecular weight excluding hydrogens is 337 g/mol. The van der Waals surface area contributed by atoms with Crippen LogP contribution in [0.4, 0.5) is 15.8 Å². The number of carbonyl (C=O) groups excluding carboxylic acids is 2. The van der Waals surface area contributed by atoms with Crippen LogP contribution in [0.1, 0.15) is 11.9 Å². The third-order valence-corrected chi connectivity index (χ3v) is 3.20. The van der Waals surface area contributed by atoms with Crippen LogP contribution < -0.4 is 10.6 Å².